The molecular formula is C16H13BrN4O3S. The molecule has 128 valence electrons. The Morgan fingerprint density at radius 2 is 2.00 bits per heavy atom. The maximum absolute atomic E-state index is 12.3. The number of hydrogen-bond acceptors (Lipinski definition) is 6. The summed E-state index contributed by atoms with van der Waals surface area (Å²) >= 11 is 4.47. The summed E-state index contributed by atoms with van der Waals surface area (Å²) in [4.78, 5) is 24.4. The number of aromatic nitrogens is 2. The lowest BCUT2D eigenvalue weighted by Crippen LogP contribution is -2.14. The van der Waals surface area contributed by atoms with Gasteiger partial charge < -0.3 is 9.73 Å². The van der Waals surface area contributed by atoms with Crippen molar-refractivity contribution in [3.63, 3.8) is 0 Å². The Balaban J connectivity index is 1.70. The van der Waals surface area contributed by atoms with Crippen LogP contribution in [0.1, 0.15) is 32.8 Å². The molecule has 7 nitrogen and oxygen atoms in total. The zero-order valence-electron chi connectivity index (χ0n) is 13.1. The van der Waals surface area contributed by atoms with Crippen LogP contribution in [0.2, 0.25) is 0 Å². The fourth-order valence-corrected chi connectivity index (χ4v) is 2.96. The van der Waals surface area contributed by atoms with Crippen LogP contribution < -0.4 is 10.6 Å². The number of halogens is 1. The molecule has 2 heterocycles. The minimum atomic E-state index is -0.403. The topological polar surface area (TPSA) is 97.1 Å². The summed E-state index contributed by atoms with van der Waals surface area (Å²) in [5.74, 6) is -0.557. The Kier molecular flexibility index (Phi) is 5.25. The molecule has 0 bridgehead atoms. The van der Waals surface area contributed by atoms with Crippen LogP contribution in [-0.2, 0) is 6.42 Å². The molecule has 0 aliphatic rings. The standard InChI is InChI=1S/C16H13BrN4O3S/c1-2-13-20-21-16(25-13)19-14(22)9-4-3-5-10(8-9)18-15(23)11-6-7-12(17)24-11/h3-8H,2H2,1H3,(H,18,23)(H,19,21,22). The summed E-state index contributed by atoms with van der Waals surface area (Å²) in [6.45, 7) is 1.97. The first kappa shape index (κ1) is 17.3. The molecule has 0 aliphatic heterocycles. The van der Waals surface area contributed by atoms with E-state index in [1.54, 1.807) is 36.4 Å². The molecule has 9 heteroatoms. The number of rotatable bonds is 5. The molecule has 2 amide bonds. The first-order chi connectivity index (χ1) is 12.0. The second kappa shape index (κ2) is 7.58. The van der Waals surface area contributed by atoms with E-state index in [1.165, 1.54) is 11.3 Å². The van der Waals surface area contributed by atoms with Gasteiger partial charge in [-0.25, -0.2) is 0 Å². The van der Waals surface area contributed by atoms with Crippen LogP contribution in [0.5, 0.6) is 0 Å². The Morgan fingerprint density at radius 3 is 2.68 bits per heavy atom. The van der Waals surface area contributed by atoms with Gasteiger partial charge in [0.2, 0.25) is 5.13 Å². The number of nitrogens with zero attached hydrogens (tertiary/aromatic N) is 2. The van der Waals surface area contributed by atoms with Crippen LogP contribution >= 0.6 is 27.3 Å². The molecule has 1 aromatic carbocycles. The van der Waals surface area contributed by atoms with E-state index in [-0.39, 0.29) is 11.7 Å². The van der Waals surface area contributed by atoms with Crippen LogP contribution in [0.25, 0.3) is 0 Å². The highest BCUT2D eigenvalue weighted by Gasteiger charge is 2.13. The average Bonchev–Trinajstić information content (AvgIpc) is 3.24. The highest BCUT2D eigenvalue weighted by atomic mass is 79.9. The lowest BCUT2D eigenvalue weighted by Gasteiger charge is -2.06. The van der Waals surface area contributed by atoms with Gasteiger partial charge in [0.05, 0.1) is 0 Å². The van der Waals surface area contributed by atoms with Crippen LogP contribution in [0, 0.1) is 0 Å². The summed E-state index contributed by atoms with van der Waals surface area (Å²) in [6.07, 6.45) is 0.762. The first-order valence-electron chi connectivity index (χ1n) is 7.35. The molecular weight excluding hydrogens is 408 g/mol. The Bertz CT molecular complexity index is 922. The molecule has 0 aliphatic carbocycles. The highest BCUT2D eigenvalue weighted by Crippen LogP contribution is 2.19. The number of carbonyl (C=O) groups excluding carboxylic acids is 2. The summed E-state index contributed by atoms with van der Waals surface area (Å²) in [6, 6.07) is 9.78. The molecule has 2 N–H and O–H groups in total. The second-order valence-electron chi connectivity index (χ2n) is 4.95. The van der Waals surface area contributed by atoms with Crippen molar-refractivity contribution < 1.29 is 14.0 Å². The number of furan rings is 1. The molecule has 2 aromatic heterocycles. The van der Waals surface area contributed by atoms with Gasteiger partial charge in [0, 0.05) is 11.3 Å². The number of nitrogens with one attached hydrogen (secondary N) is 2. The second-order valence-corrected chi connectivity index (χ2v) is 6.79. The van der Waals surface area contributed by atoms with Crippen molar-refractivity contribution in [2.24, 2.45) is 0 Å². The number of hydrogen-bond donors (Lipinski definition) is 2. The predicted molar refractivity (Wildman–Crippen MR) is 98.0 cm³/mol. The fraction of sp³-hybridized carbons (Fsp3) is 0.125. The molecule has 3 rings (SSSR count). The van der Waals surface area contributed by atoms with Gasteiger partial charge in [0.1, 0.15) is 5.01 Å². The van der Waals surface area contributed by atoms with E-state index in [0.29, 0.717) is 21.1 Å². The molecule has 0 radical (unpaired) electrons. The molecule has 0 unspecified atom stereocenters. The van der Waals surface area contributed by atoms with Crippen molar-refractivity contribution in [1.29, 1.82) is 0 Å². The third-order valence-corrected chi connectivity index (χ3v) is 4.58. The molecule has 0 spiro atoms. The Morgan fingerprint density at radius 1 is 1.16 bits per heavy atom. The van der Waals surface area contributed by atoms with Crippen LogP contribution in [-0.4, -0.2) is 22.0 Å². The predicted octanol–water partition coefficient (Wildman–Crippen LogP) is 3.96. The van der Waals surface area contributed by atoms with E-state index in [9.17, 15) is 9.59 Å². The van der Waals surface area contributed by atoms with Crippen molar-refractivity contribution in [3.8, 4) is 0 Å². The molecule has 0 atom stereocenters. The average molecular weight is 421 g/mol. The number of anilines is 2. The van der Waals surface area contributed by atoms with Gasteiger partial charge >= 0.3 is 0 Å². The van der Waals surface area contributed by atoms with E-state index < -0.39 is 5.91 Å². The SMILES string of the molecule is CCc1nnc(NC(=O)c2cccc(NC(=O)c3ccc(Br)o3)c2)s1. The maximum Gasteiger partial charge on any atom is 0.291 e. The van der Waals surface area contributed by atoms with E-state index in [1.807, 2.05) is 6.92 Å². The third-order valence-electron chi connectivity index (χ3n) is 3.17. The lowest BCUT2D eigenvalue weighted by atomic mass is 10.2. The van der Waals surface area contributed by atoms with Crippen LogP contribution in [0.4, 0.5) is 10.8 Å². The third kappa shape index (κ3) is 4.31. The van der Waals surface area contributed by atoms with E-state index >= 15 is 0 Å². The van der Waals surface area contributed by atoms with Crippen molar-refractivity contribution >= 4 is 49.9 Å². The van der Waals surface area contributed by atoms with Gasteiger partial charge in [-0.05, 0) is 52.7 Å². The van der Waals surface area contributed by atoms with Gasteiger partial charge in [0.15, 0.2) is 10.4 Å². The lowest BCUT2D eigenvalue weighted by molar-refractivity contribution is 0.0992. The minimum absolute atomic E-state index is 0.169. The number of carbonyl (C=O) groups is 2. The summed E-state index contributed by atoms with van der Waals surface area (Å²) in [5, 5.41) is 14.5. The maximum atomic E-state index is 12.3. The molecule has 25 heavy (non-hydrogen) atoms. The zero-order chi connectivity index (χ0) is 17.8. The van der Waals surface area contributed by atoms with Gasteiger partial charge in [-0.3, -0.25) is 14.9 Å². The first-order valence-corrected chi connectivity index (χ1v) is 8.96. The van der Waals surface area contributed by atoms with E-state index in [4.69, 9.17) is 4.42 Å². The van der Waals surface area contributed by atoms with Gasteiger partial charge in [0.25, 0.3) is 11.8 Å². The normalized spacial score (nSPS) is 10.5. The fourth-order valence-electron chi connectivity index (χ4n) is 1.98. The monoisotopic (exact) mass is 420 g/mol. The van der Waals surface area contributed by atoms with Gasteiger partial charge in [-0.2, -0.15) is 0 Å². The van der Waals surface area contributed by atoms with Crippen molar-refractivity contribution in [3.05, 3.63) is 57.4 Å². The van der Waals surface area contributed by atoms with Crippen molar-refractivity contribution in [1.82, 2.24) is 10.2 Å². The highest BCUT2D eigenvalue weighted by molar-refractivity contribution is 9.10. The number of amides is 2. The van der Waals surface area contributed by atoms with Crippen molar-refractivity contribution in [2.75, 3.05) is 10.6 Å². The molecule has 0 saturated heterocycles. The quantitative estimate of drug-likeness (QED) is 0.650. The largest absolute Gasteiger partial charge is 0.444 e. The van der Waals surface area contributed by atoms with Gasteiger partial charge in [-0.15, -0.1) is 10.2 Å². The zero-order valence-corrected chi connectivity index (χ0v) is 15.5. The summed E-state index contributed by atoms with van der Waals surface area (Å²) in [5.41, 5.74) is 0.878. The minimum Gasteiger partial charge on any atom is -0.444 e. The van der Waals surface area contributed by atoms with Crippen LogP contribution in [0.3, 0.4) is 0 Å². The molecule has 3 aromatic rings. The Hall–Kier alpha value is -2.52. The number of benzene rings is 1. The van der Waals surface area contributed by atoms with Crippen LogP contribution in [0.15, 0.2) is 45.5 Å². The van der Waals surface area contributed by atoms with E-state index in [2.05, 4.69) is 36.8 Å². The van der Waals surface area contributed by atoms with Gasteiger partial charge in [-0.1, -0.05) is 24.3 Å². The van der Waals surface area contributed by atoms with Crippen molar-refractivity contribution in [2.45, 2.75) is 13.3 Å². The van der Waals surface area contributed by atoms with E-state index in [0.717, 1.165) is 11.4 Å². The Labute approximate surface area is 155 Å². The number of aryl methyl sites for hydroxylation is 1. The smallest absolute Gasteiger partial charge is 0.291 e. The summed E-state index contributed by atoms with van der Waals surface area (Å²) in [7, 11) is 0. The summed E-state index contributed by atoms with van der Waals surface area (Å²) < 4.78 is 5.67. The molecule has 0 saturated carbocycles. The molecule has 0 fully saturated rings.